The Balaban J connectivity index is 0.000000185. The van der Waals surface area contributed by atoms with Crippen LogP contribution in [-0.2, 0) is 24.1 Å². The summed E-state index contributed by atoms with van der Waals surface area (Å²) in [5, 5.41) is 1.48. The zero-order valence-corrected chi connectivity index (χ0v) is 32.5. The molecule has 0 unspecified atom stereocenters. The molecular formula is C44H45ClN2O5S. The number of carbonyl (C=O) groups excluding carboxylic acids is 1. The molecule has 274 valence electrons. The van der Waals surface area contributed by atoms with Crippen molar-refractivity contribution in [2.75, 3.05) is 21.3 Å². The van der Waals surface area contributed by atoms with E-state index in [9.17, 15) is 9.59 Å². The van der Waals surface area contributed by atoms with Gasteiger partial charge in [0.1, 0.15) is 0 Å². The number of methoxy groups -OCH3 is 3. The lowest BCUT2D eigenvalue weighted by Gasteiger charge is -2.36. The minimum atomic E-state index is -0.108. The second kappa shape index (κ2) is 16.9. The van der Waals surface area contributed by atoms with Gasteiger partial charge in [0.05, 0.1) is 32.6 Å². The fraction of sp³-hybridized carbons (Fsp3) is 0.295. The van der Waals surface area contributed by atoms with E-state index in [2.05, 4.69) is 55.5 Å². The maximum atomic E-state index is 13.8. The van der Waals surface area contributed by atoms with Crippen LogP contribution in [0.15, 0.2) is 101 Å². The first-order chi connectivity index (χ1) is 25.7. The highest BCUT2D eigenvalue weighted by Gasteiger charge is 2.44. The number of nitrogens with zero attached hydrogens (tertiary/aromatic N) is 2. The molecule has 53 heavy (non-hydrogen) atoms. The van der Waals surface area contributed by atoms with Gasteiger partial charge in [0.25, 0.3) is 5.56 Å². The third-order valence-corrected chi connectivity index (χ3v) is 11.6. The molecule has 1 fully saturated rings. The van der Waals surface area contributed by atoms with Gasteiger partial charge < -0.3 is 14.2 Å². The smallest absolute Gasteiger partial charge is 0.258 e. The van der Waals surface area contributed by atoms with Crippen molar-refractivity contribution in [2.24, 2.45) is 0 Å². The average molecular weight is 749 g/mol. The third kappa shape index (κ3) is 8.09. The summed E-state index contributed by atoms with van der Waals surface area (Å²) >= 11 is 7.65. The minimum Gasteiger partial charge on any atom is -0.493 e. The number of aryl methyl sites for hydroxylation is 1. The predicted octanol–water partition coefficient (Wildman–Crippen LogP) is 10.2. The van der Waals surface area contributed by atoms with E-state index in [-0.39, 0.29) is 16.8 Å². The molecule has 2 aliphatic carbocycles. The van der Waals surface area contributed by atoms with Gasteiger partial charge in [-0.25, -0.2) is 4.98 Å². The van der Waals surface area contributed by atoms with Crippen LogP contribution >= 0.6 is 23.4 Å². The second-order valence-corrected chi connectivity index (χ2v) is 14.7. The Hall–Kier alpha value is -4.79. The van der Waals surface area contributed by atoms with Crippen LogP contribution in [0.3, 0.4) is 0 Å². The number of thioether (sulfide) groups is 1. The van der Waals surface area contributed by atoms with Crippen LogP contribution in [0.4, 0.5) is 0 Å². The first-order valence-electron chi connectivity index (χ1n) is 17.9. The van der Waals surface area contributed by atoms with Gasteiger partial charge >= 0.3 is 0 Å². The van der Waals surface area contributed by atoms with Crippen molar-refractivity contribution in [3.63, 3.8) is 0 Å². The molecule has 0 N–H and O–H groups in total. The lowest BCUT2D eigenvalue weighted by atomic mass is 9.68. The van der Waals surface area contributed by atoms with Gasteiger partial charge in [-0.15, -0.1) is 0 Å². The lowest BCUT2D eigenvalue weighted by molar-refractivity contribution is 0.104. The average Bonchev–Trinajstić information content (AvgIpc) is 3.65. The number of aromatic nitrogens is 2. The monoisotopic (exact) mass is 748 g/mol. The highest BCUT2D eigenvalue weighted by atomic mass is 35.5. The summed E-state index contributed by atoms with van der Waals surface area (Å²) in [7, 11) is 4.64. The Bertz CT molecular complexity index is 2170. The molecule has 0 amide bonds. The molecule has 4 aromatic carbocycles. The molecule has 0 bridgehead atoms. The van der Waals surface area contributed by atoms with E-state index in [0.29, 0.717) is 34.4 Å². The van der Waals surface area contributed by atoms with Crippen LogP contribution in [0.1, 0.15) is 70.8 Å². The number of hydrogen-bond donors (Lipinski definition) is 0. The molecule has 0 saturated heterocycles. The van der Waals surface area contributed by atoms with Crippen LogP contribution in [-0.4, -0.2) is 36.7 Å². The Morgan fingerprint density at radius 2 is 1.60 bits per heavy atom. The topological polar surface area (TPSA) is 79.7 Å². The van der Waals surface area contributed by atoms with E-state index < -0.39 is 0 Å². The van der Waals surface area contributed by atoms with Gasteiger partial charge in [-0.1, -0.05) is 96.9 Å². The summed E-state index contributed by atoms with van der Waals surface area (Å²) in [6.07, 6.45) is 8.81. The minimum absolute atomic E-state index is 0.0205. The maximum absolute atomic E-state index is 13.8. The molecule has 0 radical (unpaired) electrons. The molecule has 2 aliphatic rings. The summed E-state index contributed by atoms with van der Waals surface area (Å²) < 4.78 is 17.8. The van der Waals surface area contributed by atoms with Crippen molar-refractivity contribution < 1.29 is 19.0 Å². The molecule has 1 aromatic heterocycles. The van der Waals surface area contributed by atoms with Crippen molar-refractivity contribution in [2.45, 2.75) is 68.8 Å². The molecule has 9 heteroatoms. The van der Waals surface area contributed by atoms with E-state index in [1.807, 2.05) is 17.6 Å². The van der Waals surface area contributed by atoms with E-state index in [4.69, 9.17) is 30.8 Å². The number of allylic oxidation sites excluding steroid dienone is 1. The highest BCUT2D eigenvalue weighted by molar-refractivity contribution is 7.98. The van der Waals surface area contributed by atoms with Gasteiger partial charge in [-0.2, -0.15) is 0 Å². The van der Waals surface area contributed by atoms with Crippen LogP contribution in [0, 0.1) is 6.92 Å². The van der Waals surface area contributed by atoms with Gasteiger partial charge in [0, 0.05) is 33.9 Å². The van der Waals surface area contributed by atoms with Crippen LogP contribution < -0.4 is 19.8 Å². The van der Waals surface area contributed by atoms with E-state index in [0.717, 1.165) is 58.1 Å². The first kappa shape index (κ1) is 38.0. The maximum Gasteiger partial charge on any atom is 0.258 e. The normalized spacial score (nSPS) is 13.9. The van der Waals surface area contributed by atoms with Crippen LogP contribution in [0.5, 0.6) is 17.2 Å². The number of benzene rings is 4. The van der Waals surface area contributed by atoms with Crippen molar-refractivity contribution >= 4 is 35.2 Å². The Morgan fingerprint density at radius 3 is 2.25 bits per heavy atom. The van der Waals surface area contributed by atoms with E-state index in [1.54, 1.807) is 69.5 Å². The number of fused-ring (bicyclic) bond motifs is 4. The summed E-state index contributed by atoms with van der Waals surface area (Å²) in [6, 6.07) is 27.7. The predicted molar refractivity (Wildman–Crippen MR) is 215 cm³/mol. The van der Waals surface area contributed by atoms with Gasteiger partial charge in [0.15, 0.2) is 22.4 Å². The van der Waals surface area contributed by atoms with Crippen LogP contribution in [0.25, 0.3) is 17.3 Å². The fourth-order valence-electron chi connectivity index (χ4n) is 7.42. The number of ether oxygens (including phenoxy) is 3. The van der Waals surface area contributed by atoms with Crippen molar-refractivity contribution in [3.8, 4) is 28.5 Å². The molecule has 1 saturated carbocycles. The highest BCUT2D eigenvalue weighted by Crippen LogP contribution is 2.50. The molecule has 1 heterocycles. The molecule has 0 atom stereocenters. The molecule has 7 rings (SSSR count). The summed E-state index contributed by atoms with van der Waals surface area (Å²) in [4.78, 5) is 31.2. The first-order valence-corrected chi connectivity index (χ1v) is 19.3. The SMILES string of the molecule is CCn1c(SCc2ccccc2)nc2c(c1=O)C1(CCCC1)Cc1ccccc1-2.COc1cc(/C=C/C(=O)c2ccc(Cl)c(C)c2)cc(OC)c1OC. The number of rotatable bonds is 10. The summed E-state index contributed by atoms with van der Waals surface area (Å²) in [6.45, 7) is 4.58. The lowest BCUT2D eigenvalue weighted by Crippen LogP contribution is -2.40. The number of carbonyl (C=O) groups is 1. The summed E-state index contributed by atoms with van der Waals surface area (Å²) in [5.74, 6) is 2.29. The Labute approximate surface area is 321 Å². The number of halogens is 1. The molecule has 7 nitrogen and oxygen atoms in total. The Morgan fingerprint density at radius 1 is 0.925 bits per heavy atom. The Kier molecular flexibility index (Phi) is 12.1. The van der Waals surface area contributed by atoms with E-state index >= 15 is 0 Å². The van der Waals surface area contributed by atoms with E-state index in [1.165, 1.54) is 30.0 Å². The number of ketones is 1. The fourth-order valence-corrected chi connectivity index (χ4v) is 8.55. The summed E-state index contributed by atoms with van der Waals surface area (Å²) in [5.41, 5.74) is 8.06. The van der Waals surface area contributed by atoms with Gasteiger partial charge in [-0.3, -0.25) is 14.2 Å². The van der Waals surface area contributed by atoms with Crippen molar-refractivity contribution in [1.29, 1.82) is 0 Å². The van der Waals surface area contributed by atoms with Crippen molar-refractivity contribution in [1.82, 2.24) is 9.55 Å². The zero-order valence-electron chi connectivity index (χ0n) is 30.9. The molecule has 5 aromatic rings. The standard InChI is InChI=1S/C25H26N2OS.C19H19ClO4/c1-2-27-23(28)21-22(26-24(27)29-17-18-10-4-3-5-11-18)20-13-7-6-12-19(20)16-25(21)14-8-9-15-25;1-12-9-14(6-7-15(12)20)16(21)8-5-13-10-17(22-2)19(24-4)18(11-13)23-3/h3-7,10-13H,2,8-9,14-17H2,1H3;5-11H,1-4H3/b;8-5+. The second-order valence-electron chi connectivity index (χ2n) is 13.4. The molecule has 1 spiro atoms. The largest absolute Gasteiger partial charge is 0.493 e. The zero-order chi connectivity index (χ0) is 37.5. The van der Waals surface area contributed by atoms with Gasteiger partial charge in [0.2, 0.25) is 5.75 Å². The molecular weight excluding hydrogens is 704 g/mol. The quantitative estimate of drug-likeness (QED) is 0.0609. The van der Waals surface area contributed by atoms with Crippen LogP contribution in [0.2, 0.25) is 5.02 Å². The van der Waals surface area contributed by atoms with Crippen molar-refractivity contribution in [3.05, 3.63) is 140 Å². The number of hydrogen-bond acceptors (Lipinski definition) is 7. The molecule has 0 aliphatic heterocycles. The van der Waals surface area contributed by atoms with Gasteiger partial charge in [-0.05, 0) is 91.8 Å². The third-order valence-electron chi connectivity index (χ3n) is 10.1.